The molecular formula is C12H15F2N3O3. The van der Waals surface area contributed by atoms with Crippen LogP contribution >= 0.6 is 0 Å². The molecule has 0 aromatic heterocycles. The highest BCUT2D eigenvalue weighted by Crippen LogP contribution is 2.22. The van der Waals surface area contributed by atoms with E-state index in [1.54, 1.807) is 14.1 Å². The Morgan fingerprint density at radius 2 is 1.95 bits per heavy atom. The molecule has 0 aliphatic heterocycles. The fourth-order valence-electron chi connectivity index (χ4n) is 1.39. The second-order valence-electron chi connectivity index (χ2n) is 4.56. The average Bonchev–Trinajstić information content (AvgIpc) is 2.37. The van der Waals surface area contributed by atoms with Crippen molar-refractivity contribution in [3.05, 3.63) is 39.4 Å². The predicted molar refractivity (Wildman–Crippen MR) is 68.5 cm³/mol. The van der Waals surface area contributed by atoms with Crippen LogP contribution < -0.4 is 5.32 Å². The normalized spacial score (nSPS) is 12.3. The standard InChI is InChI=1S/C12H15F2N3O3/c1-7(16(2)3)6-15-12(18)8-4-9(13)10(14)5-11(8)17(19)20/h4-5,7H,6H2,1-3H3,(H,15,18). The molecule has 0 aliphatic rings. The topological polar surface area (TPSA) is 75.5 Å². The Hall–Kier alpha value is -2.09. The molecule has 110 valence electrons. The number of carbonyl (C=O) groups excluding carboxylic acids is 1. The van der Waals surface area contributed by atoms with Gasteiger partial charge >= 0.3 is 0 Å². The third kappa shape index (κ3) is 3.70. The number of rotatable bonds is 5. The molecule has 0 spiro atoms. The van der Waals surface area contributed by atoms with E-state index in [1.807, 2.05) is 11.8 Å². The van der Waals surface area contributed by atoms with E-state index in [2.05, 4.69) is 5.32 Å². The Balaban J connectivity index is 2.98. The largest absolute Gasteiger partial charge is 0.350 e. The molecule has 1 rings (SSSR count). The van der Waals surface area contributed by atoms with Gasteiger partial charge in [-0.2, -0.15) is 0 Å². The molecule has 0 heterocycles. The van der Waals surface area contributed by atoms with Gasteiger partial charge in [-0.3, -0.25) is 14.9 Å². The molecule has 1 amide bonds. The van der Waals surface area contributed by atoms with Crippen LogP contribution in [0.25, 0.3) is 0 Å². The van der Waals surface area contributed by atoms with Crippen molar-refractivity contribution in [1.82, 2.24) is 10.2 Å². The summed E-state index contributed by atoms with van der Waals surface area (Å²) in [6.07, 6.45) is 0. The van der Waals surface area contributed by atoms with Crippen molar-refractivity contribution < 1.29 is 18.5 Å². The highest BCUT2D eigenvalue weighted by atomic mass is 19.2. The number of nitro benzene ring substituents is 1. The van der Waals surface area contributed by atoms with Crippen LogP contribution in [0, 0.1) is 21.7 Å². The Morgan fingerprint density at radius 3 is 2.45 bits per heavy atom. The van der Waals surface area contributed by atoms with Gasteiger partial charge in [-0.05, 0) is 27.1 Å². The number of halogens is 2. The number of hydrogen-bond acceptors (Lipinski definition) is 4. The first-order chi connectivity index (χ1) is 9.23. The van der Waals surface area contributed by atoms with Crippen LogP contribution in [0.15, 0.2) is 12.1 Å². The van der Waals surface area contributed by atoms with Gasteiger partial charge in [0.1, 0.15) is 5.56 Å². The van der Waals surface area contributed by atoms with Crippen LogP contribution in [-0.2, 0) is 0 Å². The van der Waals surface area contributed by atoms with Crippen molar-refractivity contribution in [3.63, 3.8) is 0 Å². The lowest BCUT2D eigenvalue weighted by molar-refractivity contribution is -0.385. The molecule has 1 unspecified atom stereocenters. The summed E-state index contributed by atoms with van der Waals surface area (Å²) in [6.45, 7) is 2.06. The predicted octanol–water partition coefficient (Wildman–Crippen LogP) is 1.55. The first-order valence-electron chi connectivity index (χ1n) is 5.82. The summed E-state index contributed by atoms with van der Waals surface area (Å²) in [5, 5.41) is 13.2. The zero-order chi connectivity index (χ0) is 15.4. The fraction of sp³-hybridized carbons (Fsp3) is 0.417. The van der Waals surface area contributed by atoms with Gasteiger partial charge in [0.05, 0.1) is 11.0 Å². The molecule has 1 N–H and O–H groups in total. The monoisotopic (exact) mass is 287 g/mol. The zero-order valence-electron chi connectivity index (χ0n) is 11.3. The van der Waals surface area contributed by atoms with Gasteiger partial charge in [0.2, 0.25) is 0 Å². The van der Waals surface area contributed by atoms with E-state index in [1.165, 1.54) is 0 Å². The smallest absolute Gasteiger partial charge is 0.285 e. The first kappa shape index (κ1) is 16.0. The second kappa shape index (κ2) is 6.38. The van der Waals surface area contributed by atoms with Crippen LogP contribution in [0.4, 0.5) is 14.5 Å². The summed E-state index contributed by atoms with van der Waals surface area (Å²) in [7, 11) is 3.60. The average molecular weight is 287 g/mol. The van der Waals surface area contributed by atoms with Gasteiger partial charge in [-0.1, -0.05) is 0 Å². The molecule has 0 saturated carbocycles. The van der Waals surface area contributed by atoms with Gasteiger partial charge in [0, 0.05) is 12.6 Å². The molecule has 1 aromatic rings. The number of likely N-dealkylation sites (N-methyl/N-ethyl adjacent to an activating group) is 1. The highest BCUT2D eigenvalue weighted by Gasteiger charge is 2.24. The van der Waals surface area contributed by atoms with Crippen LogP contribution in [-0.4, -0.2) is 42.4 Å². The number of nitrogens with zero attached hydrogens (tertiary/aromatic N) is 2. The van der Waals surface area contributed by atoms with Crippen molar-refractivity contribution >= 4 is 11.6 Å². The summed E-state index contributed by atoms with van der Waals surface area (Å²) in [4.78, 5) is 23.5. The maximum absolute atomic E-state index is 13.1. The molecule has 20 heavy (non-hydrogen) atoms. The first-order valence-corrected chi connectivity index (χ1v) is 5.82. The van der Waals surface area contributed by atoms with E-state index >= 15 is 0 Å². The molecule has 0 bridgehead atoms. The van der Waals surface area contributed by atoms with Crippen LogP contribution in [0.1, 0.15) is 17.3 Å². The fourth-order valence-corrected chi connectivity index (χ4v) is 1.39. The summed E-state index contributed by atoms with van der Waals surface area (Å²) < 4.78 is 26.1. The van der Waals surface area contributed by atoms with Crippen molar-refractivity contribution in [3.8, 4) is 0 Å². The lowest BCUT2D eigenvalue weighted by Gasteiger charge is -2.19. The van der Waals surface area contributed by atoms with Gasteiger partial charge in [0.25, 0.3) is 11.6 Å². The molecule has 0 radical (unpaired) electrons. The quantitative estimate of drug-likeness (QED) is 0.658. The molecule has 6 nitrogen and oxygen atoms in total. The van der Waals surface area contributed by atoms with Crippen LogP contribution in [0.3, 0.4) is 0 Å². The van der Waals surface area contributed by atoms with Gasteiger partial charge < -0.3 is 10.2 Å². The van der Waals surface area contributed by atoms with Crippen molar-refractivity contribution in [2.24, 2.45) is 0 Å². The Kier molecular flexibility index (Phi) is 5.09. The Labute approximate surface area is 114 Å². The van der Waals surface area contributed by atoms with Crippen LogP contribution in [0.2, 0.25) is 0 Å². The summed E-state index contributed by atoms with van der Waals surface area (Å²) in [5.41, 5.74) is -1.27. The summed E-state index contributed by atoms with van der Waals surface area (Å²) in [6, 6.07) is 0.922. The van der Waals surface area contributed by atoms with E-state index in [0.717, 1.165) is 0 Å². The van der Waals surface area contributed by atoms with Crippen molar-refractivity contribution in [2.75, 3.05) is 20.6 Å². The minimum Gasteiger partial charge on any atom is -0.350 e. The number of nitrogens with one attached hydrogen (secondary N) is 1. The van der Waals surface area contributed by atoms with Crippen molar-refractivity contribution in [1.29, 1.82) is 0 Å². The molecule has 0 saturated heterocycles. The number of hydrogen-bond donors (Lipinski definition) is 1. The van der Waals surface area contributed by atoms with E-state index in [0.29, 0.717) is 12.1 Å². The van der Waals surface area contributed by atoms with E-state index in [4.69, 9.17) is 0 Å². The lowest BCUT2D eigenvalue weighted by Crippen LogP contribution is -2.38. The molecule has 0 aliphatic carbocycles. The third-order valence-electron chi connectivity index (χ3n) is 2.92. The van der Waals surface area contributed by atoms with Gasteiger partial charge in [-0.25, -0.2) is 8.78 Å². The van der Waals surface area contributed by atoms with E-state index in [9.17, 15) is 23.7 Å². The maximum atomic E-state index is 13.1. The van der Waals surface area contributed by atoms with E-state index < -0.39 is 33.7 Å². The Bertz CT molecular complexity index is 535. The molecule has 1 aromatic carbocycles. The molecule has 1 atom stereocenters. The zero-order valence-corrected chi connectivity index (χ0v) is 11.3. The number of nitro groups is 1. The van der Waals surface area contributed by atoms with Gasteiger partial charge in [0.15, 0.2) is 11.6 Å². The second-order valence-corrected chi connectivity index (χ2v) is 4.56. The van der Waals surface area contributed by atoms with E-state index in [-0.39, 0.29) is 12.6 Å². The molecule has 0 fully saturated rings. The number of carbonyl (C=O) groups is 1. The lowest BCUT2D eigenvalue weighted by atomic mass is 10.1. The SMILES string of the molecule is CC(CNC(=O)c1cc(F)c(F)cc1[N+](=O)[O-])N(C)C. The maximum Gasteiger partial charge on any atom is 0.285 e. The molecule has 8 heteroatoms. The number of benzene rings is 1. The summed E-state index contributed by atoms with van der Waals surface area (Å²) in [5.74, 6) is -3.49. The highest BCUT2D eigenvalue weighted by molar-refractivity contribution is 5.98. The Morgan fingerprint density at radius 1 is 1.40 bits per heavy atom. The molecular weight excluding hydrogens is 272 g/mol. The minimum atomic E-state index is -1.37. The number of amides is 1. The van der Waals surface area contributed by atoms with Crippen molar-refractivity contribution in [2.45, 2.75) is 13.0 Å². The van der Waals surface area contributed by atoms with Crippen LogP contribution in [0.5, 0.6) is 0 Å². The summed E-state index contributed by atoms with van der Waals surface area (Å²) >= 11 is 0. The van der Waals surface area contributed by atoms with Gasteiger partial charge in [-0.15, -0.1) is 0 Å². The minimum absolute atomic E-state index is 0.0108. The third-order valence-corrected chi connectivity index (χ3v) is 2.92.